The highest BCUT2D eigenvalue weighted by Crippen LogP contribution is 2.32. The number of alkyl halides is 3. The molecule has 1 aromatic heterocycles. The molecule has 0 saturated carbocycles. The number of aromatic nitrogens is 1. The summed E-state index contributed by atoms with van der Waals surface area (Å²) in [4.78, 5) is 0. The zero-order valence-electron chi connectivity index (χ0n) is 11.4. The van der Waals surface area contributed by atoms with Crippen molar-refractivity contribution in [1.29, 1.82) is 0 Å². The lowest BCUT2D eigenvalue weighted by atomic mass is 10.1. The molecule has 3 rings (SSSR count). The maximum Gasteiger partial charge on any atom is 0.418 e. The Kier molecular flexibility index (Phi) is 3.53. The summed E-state index contributed by atoms with van der Waals surface area (Å²) >= 11 is 0. The van der Waals surface area contributed by atoms with Crippen LogP contribution >= 0.6 is 0 Å². The number of rotatable bonds is 3. The highest BCUT2D eigenvalue weighted by molar-refractivity contribution is 5.35. The van der Waals surface area contributed by atoms with Gasteiger partial charge in [0.15, 0.2) is 6.10 Å². The van der Waals surface area contributed by atoms with E-state index >= 15 is 0 Å². The van der Waals surface area contributed by atoms with Gasteiger partial charge in [0, 0.05) is 24.5 Å². The van der Waals surface area contributed by atoms with Crippen LogP contribution in [0.3, 0.4) is 0 Å². The fourth-order valence-corrected chi connectivity index (χ4v) is 2.84. The summed E-state index contributed by atoms with van der Waals surface area (Å²) in [5.41, 5.74) is 3.66. The van der Waals surface area contributed by atoms with Gasteiger partial charge in [0.2, 0.25) is 0 Å². The number of fused-ring (bicyclic) bond motifs is 1. The smallest absolute Gasteiger partial charge is 0.379 e. The van der Waals surface area contributed by atoms with Gasteiger partial charge in [-0.25, -0.2) is 0 Å². The summed E-state index contributed by atoms with van der Waals surface area (Å²) in [6.45, 7) is 0.512. The number of halogens is 3. The third kappa shape index (κ3) is 2.97. The number of nitrogens with zero attached hydrogens (tertiary/aromatic N) is 1. The second kappa shape index (κ2) is 5.22. The maximum absolute atomic E-state index is 12.5. The zero-order valence-corrected chi connectivity index (χ0v) is 11.4. The number of aliphatic hydroxyl groups excluding tert-OH is 1. The minimum atomic E-state index is -4.63. The van der Waals surface area contributed by atoms with E-state index in [-0.39, 0.29) is 5.56 Å². The maximum atomic E-state index is 12.5. The molecule has 1 atom stereocenters. The van der Waals surface area contributed by atoms with Gasteiger partial charge in [0.05, 0.1) is 0 Å². The molecule has 21 heavy (non-hydrogen) atoms. The van der Waals surface area contributed by atoms with E-state index in [9.17, 15) is 18.3 Å². The van der Waals surface area contributed by atoms with Crippen LogP contribution in [0.5, 0.6) is 0 Å². The lowest BCUT2D eigenvalue weighted by Crippen LogP contribution is -2.19. The van der Waals surface area contributed by atoms with Gasteiger partial charge in [-0.15, -0.1) is 0 Å². The molecule has 0 saturated heterocycles. The monoisotopic (exact) mass is 295 g/mol. The van der Waals surface area contributed by atoms with Crippen LogP contribution in [0.25, 0.3) is 0 Å². The van der Waals surface area contributed by atoms with Gasteiger partial charge in [-0.3, -0.25) is 0 Å². The summed E-state index contributed by atoms with van der Waals surface area (Å²) in [6, 6.07) is 7.56. The predicted octanol–water partition coefficient (Wildman–Crippen LogP) is 3.62. The molecule has 0 fully saturated rings. The molecule has 0 amide bonds. The largest absolute Gasteiger partial charge is 0.418 e. The second-order valence-electron chi connectivity index (χ2n) is 5.52. The Labute approximate surface area is 120 Å². The van der Waals surface area contributed by atoms with Crippen molar-refractivity contribution >= 4 is 0 Å². The Morgan fingerprint density at radius 2 is 1.90 bits per heavy atom. The highest BCUT2D eigenvalue weighted by atomic mass is 19.4. The molecule has 0 radical (unpaired) electrons. The van der Waals surface area contributed by atoms with Crippen LogP contribution in [0.4, 0.5) is 13.2 Å². The summed E-state index contributed by atoms with van der Waals surface area (Å²) in [6.07, 6.45) is -0.764. The van der Waals surface area contributed by atoms with E-state index in [2.05, 4.69) is 12.1 Å². The number of hydrogen-bond donors (Lipinski definition) is 1. The molecule has 0 spiro atoms. The Morgan fingerprint density at radius 3 is 2.67 bits per heavy atom. The normalized spacial score (nSPS) is 16.0. The average Bonchev–Trinajstić information content (AvgIpc) is 3.05. The Balaban J connectivity index is 1.76. The molecular formula is C16H16F3NO. The topological polar surface area (TPSA) is 25.2 Å². The van der Waals surface area contributed by atoms with E-state index in [0.717, 1.165) is 18.4 Å². The summed E-state index contributed by atoms with van der Waals surface area (Å²) in [5, 5.41) is 9.22. The lowest BCUT2D eigenvalue weighted by molar-refractivity contribution is -0.206. The van der Waals surface area contributed by atoms with E-state index in [0.29, 0.717) is 6.54 Å². The van der Waals surface area contributed by atoms with Crippen LogP contribution in [0.2, 0.25) is 0 Å². The van der Waals surface area contributed by atoms with Crippen LogP contribution in [0.1, 0.15) is 34.8 Å². The molecule has 1 heterocycles. The fourth-order valence-electron chi connectivity index (χ4n) is 2.84. The van der Waals surface area contributed by atoms with Crippen molar-refractivity contribution in [2.75, 3.05) is 0 Å². The molecule has 0 bridgehead atoms. The van der Waals surface area contributed by atoms with Gasteiger partial charge < -0.3 is 9.67 Å². The van der Waals surface area contributed by atoms with Crippen molar-refractivity contribution in [3.8, 4) is 0 Å². The van der Waals surface area contributed by atoms with E-state index in [1.807, 2.05) is 6.07 Å². The number of aliphatic hydroxyl groups is 1. The first kappa shape index (κ1) is 14.2. The third-order valence-electron chi connectivity index (χ3n) is 3.93. The fraction of sp³-hybridized carbons (Fsp3) is 0.375. The van der Waals surface area contributed by atoms with Gasteiger partial charge >= 0.3 is 6.18 Å². The first-order chi connectivity index (χ1) is 9.93. The molecule has 2 aromatic rings. The molecule has 1 unspecified atom stereocenters. The first-order valence-electron chi connectivity index (χ1n) is 6.94. The van der Waals surface area contributed by atoms with E-state index < -0.39 is 12.3 Å². The SMILES string of the molecule is OC(c1ccn(Cc2ccc3c(c2)CCC3)c1)C(F)(F)F. The third-order valence-corrected chi connectivity index (χ3v) is 3.93. The predicted molar refractivity (Wildman–Crippen MR) is 73.0 cm³/mol. The standard InChI is InChI=1S/C16H16F3NO/c17-16(18,19)15(21)14-6-7-20(10-14)9-11-4-5-12-2-1-3-13(12)8-11/h4-8,10,15,21H,1-3,9H2. The lowest BCUT2D eigenvalue weighted by Gasteiger charge is -2.12. The molecule has 2 nitrogen and oxygen atoms in total. The number of hydrogen-bond acceptors (Lipinski definition) is 1. The van der Waals surface area contributed by atoms with Crippen molar-refractivity contribution in [1.82, 2.24) is 4.57 Å². The summed E-state index contributed by atoms with van der Waals surface area (Å²) in [7, 11) is 0. The van der Waals surface area contributed by atoms with Crippen molar-refractivity contribution in [3.63, 3.8) is 0 Å². The molecule has 112 valence electrons. The molecule has 1 aliphatic rings. The van der Waals surface area contributed by atoms with E-state index in [1.54, 1.807) is 10.8 Å². The Bertz CT molecular complexity index is 645. The van der Waals surface area contributed by atoms with Gasteiger partial charge in [0.1, 0.15) is 0 Å². The Hall–Kier alpha value is -1.75. The highest BCUT2D eigenvalue weighted by Gasteiger charge is 2.39. The molecule has 1 N–H and O–H groups in total. The van der Waals surface area contributed by atoms with Crippen LogP contribution in [0, 0.1) is 0 Å². The van der Waals surface area contributed by atoms with E-state index in [4.69, 9.17) is 0 Å². The number of aryl methyl sites for hydroxylation is 2. The van der Waals surface area contributed by atoms with Crippen LogP contribution < -0.4 is 0 Å². The van der Waals surface area contributed by atoms with Crippen molar-refractivity contribution in [3.05, 3.63) is 58.9 Å². The summed E-state index contributed by atoms with van der Waals surface area (Å²) < 4.78 is 39.1. The van der Waals surface area contributed by atoms with E-state index in [1.165, 1.54) is 29.8 Å². The van der Waals surface area contributed by atoms with Gasteiger partial charge in [-0.05, 0) is 42.0 Å². The minimum absolute atomic E-state index is 0.122. The molecular weight excluding hydrogens is 279 g/mol. The van der Waals surface area contributed by atoms with Crippen LogP contribution in [0.15, 0.2) is 36.7 Å². The first-order valence-corrected chi connectivity index (χ1v) is 6.94. The number of benzene rings is 1. The average molecular weight is 295 g/mol. The van der Waals surface area contributed by atoms with Crippen LogP contribution in [-0.2, 0) is 19.4 Å². The quantitative estimate of drug-likeness (QED) is 0.919. The van der Waals surface area contributed by atoms with Crippen molar-refractivity contribution < 1.29 is 18.3 Å². The minimum Gasteiger partial charge on any atom is -0.379 e. The van der Waals surface area contributed by atoms with Gasteiger partial charge in [-0.1, -0.05) is 18.2 Å². The second-order valence-corrected chi connectivity index (χ2v) is 5.52. The molecule has 1 aliphatic carbocycles. The van der Waals surface area contributed by atoms with Gasteiger partial charge in [0.25, 0.3) is 0 Å². The zero-order chi connectivity index (χ0) is 15.0. The summed E-state index contributed by atoms with van der Waals surface area (Å²) in [5.74, 6) is 0. The Morgan fingerprint density at radius 1 is 1.14 bits per heavy atom. The molecule has 0 aliphatic heterocycles. The molecule has 5 heteroatoms. The molecule has 1 aromatic carbocycles. The van der Waals surface area contributed by atoms with Crippen molar-refractivity contribution in [2.24, 2.45) is 0 Å². The van der Waals surface area contributed by atoms with Gasteiger partial charge in [-0.2, -0.15) is 13.2 Å². The van der Waals surface area contributed by atoms with Crippen LogP contribution in [-0.4, -0.2) is 15.8 Å². The van der Waals surface area contributed by atoms with Crippen molar-refractivity contribution in [2.45, 2.75) is 38.1 Å².